The molecule has 0 unspecified atom stereocenters. The molecule has 0 radical (unpaired) electrons. The molecular weight excluding hydrogens is 275 g/mol. The number of halogens is 1. The second-order valence-corrected chi connectivity index (χ2v) is 4.25. The Bertz CT molecular complexity index is 626. The van der Waals surface area contributed by atoms with Crippen molar-refractivity contribution in [2.24, 2.45) is 5.73 Å². The molecule has 0 fully saturated rings. The van der Waals surface area contributed by atoms with E-state index in [0.717, 1.165) is 6.07 Å². The number of phenols is 1. The van der Waals surface area contributed by atoms with Gasteiger partial charge < -0.3 is 20.9 Å². The van der Waals surface area contributed by atoms with E-state index < -0.39 is 23.0 Å². The minimum Gasteiger partial charge on any atom is -0.507 e. The van der Waals surface area contributed by atoms with Crippen molar-refractivity contribution in [1.82, 2.24) is 0 Å². The van der Waals surface area contributed by atoms with Crippen LogP contribution in [0.25, 0.3) is 0 Å². The van der Waals surface area contributed by atoms with Crippen LogP contribution >= 0.6 is 0 Å². The molecular formula is C15H15FN2O3. The molecule has 0 spiro atoms. The Balaban J connectivity index is 2.16. The first kappa shape index (κ1) is 14.8. The molecule has 2 aromatic rings. The lowest BCUT2D eigenvalue weighted by atomic mass is 10.1. The first-order valence-corrected chi connectivity index (χ1v) is 6.33. The topological polar surface area (TPSA) is 84.6 Å². The molecule has 0 atom stereocenters. The van der Waals surface area contributed by atoms with Crippen LogP contribution < -0.4 is 15.8 Å². The minimum absolute atomic E-state index is 0.353. The van der Waals surface area contributed by atoms with Crippen molar-refractivity contribution >= 4 is 11.6 Å². The van der Waals surface area contributed by atoms with E-state index in [2.05, 4.69) is 5.32 Å². The van der Waals surface area contributed by atoms with Crippen LogP contribution in [0.1, 0.15) is 10.4 Å². The molecule has 0 aliphatic rings. The number of anilines is 1. The average molecular weight is 290 g/mol. The van der Waals surface area contributed by atoms with Gasteiger partial charge in [0.25, 0.3) is 5.91 Å². The molecule has 0 aliphatic heterocycles. The predicted octanol–water partition coefficient (Wildman–Crippen LogP) is 2.12. The largest absolute Gasteiger partial charge is 0.507 e. The van der Waals surface area contributed by atoms with Crippen LogP contribution in [0.5, 0.6) is 11.5 Å². The maximum Gasteiger partial charge on any atom is 0.262 e. The highest BCUT2D eigenvalue weighted by molar-refractivity contribution is 6.06. The predicted molar refractivity (Wildman–Crippen MR) is 77.0 cm³/mol. The Morgan fingerprint density at radius 1 is 1.29 bits per heavy atom. The summed E-state index contributed by atoms with van der Waals surface area (Å²) >= 11 is 0. The monoisotopic (exact) mass is 290 g/mol. The number of carbonyl (C=O) groups excluding carboxylic acids is 1. The second-order valence-electron chi connectivity index (χ2n) is 4.25. The Morgan fingerprint density at radius 2 is 2.05 bits per heavy atom. The quantitative estimate of drug-likeness (QED) is 0.787. The summed E-state index contributed by atoms with van der Waals surface area (Å²) < 4.78 is 18.9. The molecule has 0 saturated heterocycles. The summed E-state index contributed by atoms with van der Waals surface area (Å²) in [4.78, 5) is 12.0. The Morgan fingerprint density at radius 3 is 2.76 bits per heavy atom. The Labute approximate surface area is 121 Å². The number of nitrogens with one attached hydrogen (secondary N) is 1. The summed E-state index contributed by atoms with van der Waals surface area (Å²) in [5.41, 5.74) is 5.37. The number of aromatic hydroxyl groups is 1. The number of hydrogen-bond acceptors (Lipinski definition) is 4. The lowest BCUT2D eigenvalue weighted by Gasteiger charge is -2.09. The van der Waals surface area contributed by atoms with Crippen molar-refractivity contribution in [2.45, 2.75) is 0 Å². The van der Waals surface area contributed by atoms with Gasteiger partial charge in [0.15, 0.2) is 0 Å². The fraction of sp³-hybridized carbons (Fsp3) is 0.133. The molecule has 2 aromatic carbocycles. The van der Waals surface area contributed by atoms with Gasteiger partial charge in [-0.05, 0) is 24.3 Å². The van der Waals surface area contributed by atoms with E-state index in [1.807, 2.05) is 0 Å². The highest BCUT2D eigenvalue weighted by atomic mass is 19.1. The number of carbonyl (C=O) groups is 1. The van der Waals surface area contributed by atoms with Crippen LogP contribution in [0.15, 0.2) is 42.5 Å². The van der Waals surface area contributed by atoms with E-state index in [1.54, 1.807) is 24.3 Å². The zero-order valence-electron chi connectivity index (χ0n) is 11.2. The van der Waals surface area contributed by atoms with Crippen LogP contribution in [0, 0.1) is 5.82 Å². The Hall–Kier alpha value is -2.60. The van der Waals surface area contributed by atoms with Crippen molar-refractivity contribution in [3.63, 3.8) is 0 Å². The second kappa shape index (κ2) is 6.71. The molecule has 0 saturated carbocycles. The minimum atomic E-state index is -0.789. The highest BCUT2D eigenvalue weighted by Crippen LogP contribution is 2.23. The van der Waals surface area contributed by atoms with Crippen LogP contribution in [0.3, 0.4) is 0 Å². The number of benzene rings is 2. The maximum atomic E-state index is 13.6. The van der Waals surface area contributed by atoms with Gasteiger partial charge in [-0.1, -0.05) is 12.1 Å². The molecule has 5 nitrogen and oxygen atoms in total. The lowest BCUT2D eigenvalue weighted by molar-refractivity contribution is 0.102. The molecule has 110 valence electrons. The first-order chi connectivity index (χ1) is 10.1. The molecule has 2 rings (SSSR count). The van der Waals surface area contributed by atoms with Gasteiger partial charge in [0.1, 0.15) is 29.5 Å². The van der Waals surface area contributed by atoms with Crippen LogP contribution in [0.4, 0.5) is 10.1 Å². The maximum absolute atomic E-state index is 13.6. The summed E-state index contributed by atoms with van der Waals surface area (Å²) in [7, 11) is 0. The lowest BCUT2D eigenvalue weighted by Crippen LogP contribution is -2.14. The molecule has 0 bridgehead atoms. The van der Waals surface area contributed by atoms with E-state index in [-0.39, 0.29) is 0 Å². The van der Waals surface area contributed by atoms with Crippen molar-refractivity contribution in [3.05, 3.63) is 53.8 Å². The van der Waals surface area contributed by atoms with Crippen molar-refractivity contribution < 1.29 is 19.0 Å². The van der Waals surface area contributed by atoms with Gasteiger partial charge in [0.2, 0.25) is 0 Å². The van der Waals surface area contributed by atoms with E-state index in [0.29, 0.717) is 24.6 Å². The number of hydrogen-bond donors (Lipinski definition) is 3. The number of ether oxygens (including phenoxy) is 1. The van der Waals surface area contributed by atoms with Crippen LogP contribution in [0.2, 0.25) is 0 Å². The van der Waals surface area contributed by atoms with E-state index >= 15 is 0 Å². The van der Waals surface area contributed by atoms with Crippen LogP contribution in [-0.2, 0) is 0 Å². The van der Waals surface area contributed by atoms with Crippen molar-refractivity contribution in [1.29, 1.82) is 0 Å². The van der Waals surface area contributed by atoms with Gasteiger partial charge >= 0.3 is 0 Å². The molecule has 4 N–H and O–H groups in total. The van der Waals surface area contributed by atoms with Gasteiger partial charge in [0.05, 0.1) is 0 Å². The third-order valence-electron chi connectivity index (χ3n) is 2.70. The number of nitrogens with two attached hydrogens (primary N) is 1. The zero-order chi connectivity index (χ0) is 15.2. The standard InChI is InChI=1S/C15H15FN2O3/c16-12-5-2-6-13(19)14(12)15(20)18-10-3-1-4-11(9-10)21-8-7-17/h1-6,9,19H,7-8,17H2,(H,18,20). The van der Waals surface area contributed by atoms with Gasteiger partial charge in [0, 0.05) is 18.3 Å². The average Bonchev–Trinajstić information content (AvgIpc) is 2.45. The SMILES string of the molecule is NCCOc1cccc(NC(=O)c2c(O)cccc2F)c1. The molecule has 21 heavy (non-hydrogen) atoms. The molecule has 0 heterocycles. The summed E-state index contributed by atoms with van der Waals surface area (Å²) in [5, 5.41) is 12.1. The zero-order valence-corrected chi connectivity index (χ0v) is 11.2. The van der Waals surface area contributed by atoms with Gasteiger partial charge in [-0.2, -0.15) is 0 Å². The Kier molecular flexibility index (Phi) is 4.73. The smallest absolute Gasteiger partial charge is 0.262 e. The number of phenolic OH excluding ortho intramolecular Hbond substituents is 1. The number of rotatable bonds is 5. The fourth-order valence-electron chi connectivity index (χ4n) is 1.77. The highest BCUT2D eigenvalue weighted by Gasteiger charge is 2.16. The molecule has 6 heteroatoms. The van der Waals surface area contributed by atoms with Gasteiger partial charge in [-0.3, -0.25) is 4.79 Å². The molecule has 0 aliphatic carbocycles. The normalized spacial score (nSPS) is 10.2. The molecule has 0 aromatic heterocycles. The van der Waals surface area contributed by atoms with Gasteiger partial charge in [-0.15, -0.1) is 0 Å². The summed E-state index contributed by atoms with van der Waals surface area (Å²) in [6.07, 6.45) is 0. The number of amides is 1. The third kappa shape index (κ3) is 3.70. The summed E-state index contributed by atoms with van der Waals surface area (Å²) in [5.74, 6) is -1.40. The van der Waals surface area contributed by atoms with Gasteiger partial charge in [-0.25, -0.2) is 4.39 Å². The van der Waals surface area contributed by atoms with Crippen molar-refractivity contribution in [3.8, 4) is 11.5 Å². The van der Waals surface area contributed by atoms with Crippen molar-refractivity contribution in [2.75, 3.05) is 18.5 Å². The third-order valence-corrected chi connectivity index (χ3v) is 2.70. The van der Waals surface area contributed by atoms with E-state index in [1.165, 1.54) is 12.1 Å². The van der Waals surface area contributed by atoms with E-state index in [4.69, 9.17) is 10.5 Å². The first-order valence-electron chi connectivity index (χ1n) is 6.33. The fourth-order valence-corrected chi connectivity index (χ4v) is 1.77. The van der Waals surface area contributed by atoms with Crippen LogP contribution in [-0.4, -0.2) is 24.2 Å². The summed E-state index contributed by atoms with van der Waals surface area (Å²) in [6, 6.07) is 10.3. The van der Waals surface area contributed by atoms with E-state index in [9.17, 15) is 14.3 Å². The molecule has 1 amide bonds. The summed E-state index contributed by atoms with van der Waals surface area (Å²) in [6.45, 7) is 0.727.